The van der Waals surface area contributed by atoms with Crippen LogP contribution in [0.3, 0.4) is 0 Å². The van der Waals surface area contributed by atoms with E-state index in [0.29, 0.717) is 5.92 Å². The largest absolute Gasteiger partial charge is 0.512 e. The minimum Gasteiger partial charge on any atom is -0.512 e. The number of fused-ring (bicyclic) bond motifs is 1. The minimum atomic E-state index is -0.319. The van der Waals surface area contributed by atoms with E-state index in [1.807, 2.05) is 40.8 Å². The number of ketones is 1. The molecule has 1 aromatic heterocycles. The van der Waals surface area contributed by atoms with E-state index in [1.54, 1.807) is 0 Å². The van der Waals surface area contributed by atoms with E-state index in [2.05, 4.69) is 70.2 Å². The maximum Gasteiger partial charge on any atom is 0.164 e. The van der Waals surface area contributed by atoms with Crippen LogP contribution in [-0.2, 0) is 41.5 Å². The van der Waals surface area contributed by atoms with Crippen LogP contribution in [-0.4, -0.2) is 29.1 Å². The first kappa shape index (κ1) is 38.9. The molecule has 4 nitrogen and oxygen atoms in total. The Balaban J connectivity index is 0.000000359. The number of aliphatic hydroxyl groups is 1. The van der Waals surface area contributed by atoms with Gasteiger partial charge in [-0.2, -0.15) is 0 Å². The maximum atomic E-state index is 12.0. The van der Waals surface area contributed by atoms with Crippen LogP contribution < -0.4 is 0 Å². The Morgan fingerprint density at radius 3 is 2.29 bits per heavy atom. The van der Waals surface area contributed by atoms with Crippen LogP contribution in [0.25, 0.3) is 22.0 Å². The van der Waals surface area contributed by atoms with Crippen LogP contribution in [0.2, 0.25) is 0 Å². The van der Waals surface area contributed by atoms with Gasteiger partial charge in [0.2, 0.25) is 0 Å². The Morgan fingerprint density at radius 2 is 1.71 bits per heavy atom. The van der Waals surface area contributed by atoms with Crippen molar-refractivity contribution in [1.29, 1.82) is 0 Å². The molecule has 4 rings (SSSR count). The summed E-state index contributed by atoms with van der Waals surface area (Å²) >= 11 is 0. The van der Waals surface area contributed by atoms with Crippen molar-refractivity contribution < 1.29 is 34.7 Å². The Hall–Kier alpha value is -2.33. The first-order chi connectivity index (χ1) is 20.9. The number of carbonyl (C=O) groups is 1. The standard InChI is InChI=1S/C26H30NO.C14H26O2.Ir/c1-18(2)13-20-5-6-24-21(16-20)7-10-27-25(24)22-14-19(3)15-23(17-22)26(4)8-11-28-12-9-26;1-6-11(7-2)12(15)10-13(16)14(5,8-3)9-4;/h5-7,10,15-18H,8-9,11-13H2,1-4H3;10-11,15H,6-9H2,1-5H3;/q-1;;/b;12-10-;. The van der Waals surface area contributed by atoms with E-state index in [-0.39, 0.29) is 48.4 Å². The number of ether oxygens (including phenoxy) is 1. The molecule has 2 aromatic carbocycles. The number of carbonyl (C=O) groups excluding carboxylic acids is 1. The molecule has 1 aliphatic heterocycles. The van der Waals surface area contributed by atoms with Crippen molar-refractivity contribution >= 4 is 16.6 Å². The van der Waals surface area contributed by atoms with Crippen LogP contribution in [0.15, 0.2) is 54.4 Å². The average Bonchev–Trinajstić information content (AvgIpc) is 3.01. The summed E-state index contributed by atoms with van der Waals surface area (Å²) in [6.45, 7) is 20.8. The second kappa shape index (κ2) is 17.5. The van der Waals surface area contributed by atoms with Gasteiger partial charge in [0.25, 0.3) is 0 Å². The topological polar surface area (TPSA) is 59.4 Å². The third kappa shape index (κ3) is 10.1. The summed E-state index contributed by atoms with van der Waals surface area (Å²) in [6.07, 6.45) is 10.0. The molecule has 0 unspecified atom stereocenters. The van der Waals surface area contributed by atoms with Crippen molar-refractivity contribution in [3.8, 4) is 11.3 Å². The van der Waals surface area contributed by atoms with Crippen molar-refractivity contribution in [1.82, 2.24) is 4.98 Å². The van der Waals surface area contributed by atoms with Crippen LogP contribution in [0, 0.1) is 30.2 Å². The predicted octanol–water partition coefficient (Wildman–Crippen LogP) is 10.5. The van der Waals surface area contributed by atoms with E-state index >= 15 is 0 Å². The molecule has 249 valence electrons. The predicted molar refractivity (Wildman–Crippen MR) is 185 cm³/mol. The van der Waals surface area contributed by atoms with Gasteiger partial charge in [0.1, 0.15) is 0 Å². The summed E-state index contributed by atoms with van der Waals surface area (Å²) in [5.41, 5.74) is 5.94. The van der Waals surface area contributed by atoms with Gasteiger partial charge in [0.05, 0.1) is 5.76 Å². The van der Waals surface area contributed by atoms with Crippen molar-refractivity contribution in [3.63, 3.8) is 0 Å². The summed E-state index contributed by atoms with van der Waals surface area (Å²) in [7, 11) is 0. The van der Waals surface area contributed by atoms with Gasteiger partial charge in [-0.1, -0.05) is 80.5 Å². The van der Waals surface area contributed by atoms with Crippen LogP contribution >= 0.6 is 0 Å². The van der Waals surface area contributed by atoms with E-state index in [0.717, 1.165) is 69.4 Å². The van der Waals surface area contributed by atoms with Gasteiger partial charge in [-0.3, -0.25) is 4.79 Å². The summed E-state index contributed by atoms with van der Waals surface area (Å²) in [4.78, 5) is 16.8. The molecule has 1 fully saturated rings. The molecule has 5 heteroatoms. The van der Waals surface area contributed by atoms with Crippen LogP contribution in [0.1, 0.15) is 111 Å². The van der Waals surface area contributed by atoms with Gasteiger partial charge in [-0.05, 0) is 84.4 Å². The molecule has 1 aliphatic rings. The van der Waals surface area contributed by atoms with Crippen molar-refractivity contribution in [2.45, 2.75) is 113 Å². The molecule has 1 N–H and O–H groups in total. The first-order valence-electron chi connectivity index (χ1n) is 16.8. The maximum absolute atomic E-state index is 12.0. The zero-order chi connectivity index (χ0) is 32.5. The zero-order valence-corrected chi connectivity index (χ0v) is 31.6. The molecule has 0 saturated carbocycles. The first-order valence-corrected chi connectivity index (χ1v) is 16.8. The fraction of sp³-hybridized carbons (Fsp3) is 0.550. The van der Waals surface area contributed by atoms with E-state index in [4.69, 9.17) is 9.72 Å². The molecule has 1 radical (unpaired) electrons. The van der Waals surface area contributed by atoms with Gasteiger partial charge in [-0.25, -0.2) is 0 Å². The Morgan fingerprint density at radius 1 is 1.07 bits per heavy atom. The number of benzene rings is 2. The molecule has 0 spiro atoms. The fourth-order valence-corrected chi connectivity index (χ4v) is 6.07. The smallest absolute Gasteiger partial charge is 0.164 e. The third-order valence-corrected chi connectivity index (χ3v) is 9.86. The van der Waals surface area contributed by atoms with E-state index in [9.17, 15) is 9.90 Å². The molecule has 3 aromatic rings. The molecule has 1 saturated heterocycles. The number of aromatic nitrogens is 1. The summed E-state index contributed by atoms with van der Waals surface area (Å²) in [6, 6.07) is 17.1. The SMILES string of the molecule is CCC(CC)/C(O)=C/C(=O)C(C)(CC)CC.Cc1[c-]c(-c2nccc3cc(CC(C)C)ccc23)cc(C2(C)CCOCC2)c1.[Ir]. The van der Waals surface area contributed by atoms with Gasteiger partial charge in [0, 0.05) is 56.9 Å². The Kier molecular flexibility index (Phi) is 15.2. The minimum absolute atomic E-state index is 0. The molecular weight excluding hydrogens is 735 g/mol. The number of rotatable bonds is 11. The molecule has 0 aliphatic carbocycles. The number of nitrogens with zero attached hydrogens (tertiary/aromatic N) is 1. The molecular formula is C40H56IrNO3-. The van der Waals surface area contributed by atoms with Crippen LogP contribution in [0.5, 0.6) is 0 Å². The van der Waals surface area contributed by atoms with E-state index < -0.39 is 0 Å². The van der Waals surface area contributed by atoms with E-state index in [1.165, 1.54) is 33.5 Å². The number of aryl methyl sites for hydroxylation is 1. The van der Waals surface area contributed by atoms with Gasteiger partial charge < -0.3 is 14.8 Å². The normalized spacial score (nSPS) is 15.0. The number of hydrogen-bond acceptors (Lipinski definition) is 4. The second-order valence-corrected chi connectivity index (χ2v) is 13.7. The number of allylic oxidation sites excluding steroid dienone is 2. The van der Waals surface area contributed by atoms with Gasteiger partial charge in [-0.15, -0.1) is 34.9 Å². The Bertz CT molecular complexity index is 1410. The number of aliphatic hydroxyl groups excluding tert-OH is 1. The quantitative estimate of drug-likeness (QED) is 0.119. The number of hydrogen-bond donors (Lipinski definition) is 1. The fourth-order valence-electron chi connectivity index (χ4n) is 6.07. The molecule has 0 bridgehead atoms. The Labute approximate surface area is 286 Å². The molecule has 45 heavy (non-hydrogen) atoms. The third-order valence-electron chi connectivity index (χ3n) is 9.86. The van der Waals surface area contributed by atoms with Crippen molar-refractivity contribution in [2.24, 2.45) is 17.3 Å². The molecule has 0 atom stereocenters. The average molecular weight is 791 g/mol. The van der Waals surface area contributed by atoms with Crippen molar-refractivity contribution in [3.05, 3.63) is 77.2 Å². The van der Waals surface area contributed by atoms with Crippen molar-refractivity contribution in [2.75, 3.05) is 13.2 Å². The van der Waals surface area contributed by atoms with Gasteiger partial charge in [0.15, 0.2) is 5.78 Å². The van der Waals surface area contributed by atoms with Crippen LogP contribution in [0.4, 0.5) is 0 Å². The monoisotopic (exact) mass is 791 g/mol. The summed E-state index contributed by atoms with van der Waals surface area (Å²) < 4.78 is 5.61. The molecule has 0 amide bonds. The summed E-state index contributed by atoms with van der Waals surface area (Å²) in [5.74, 6) is 1.10. The summed E-state index contributed by atoms with van der Waals surface area (Å²) in [5, 5.41) is 12.3. The van der Waals surface area contributed by atoms with Gasteiger partial charge >= 0.3 is 0 Å². The second-order valence-electron chi connectivity index (χ2n) is 13.7. The molecule has 2 heterocycles. The number of pyridine rings is 1. The zero-order valence-electron chi connectivity index (χ0n) is 29.2.